The van der Waals surface area contributed by atoms with Crippen LogP contribution in [0.1, 0.15) is 19.4 Å². The van der Waals surface area contributed by atoms with Crippen LogP contribution in [0.5, 0.6) is 5.75 Å². The molecule has 92 valence electrons. The lowest BCUT2D eigenvalue weighted by molar-refractivity contribution is -0.143. The summed E-state index contributed by atoms with van der Waals surface area (Å²) in [5, 5.41) is 11.1. The fraction of sp³-hybridized carbons (Fsp3) is 0.333. The lowest BCUT2D eigenvalue weighted by atomic mass is 10.1. The van der Waals surface area contributed by atoms with Gasteiger partial charge in [0.05, 0.1) is 0 Å². The monoisotopic (exact) mass is 237 g/mol. The van der Waals surface area contributed by atoms with Gasteiger partial charge in [-0.2, -0.15) is 0 Å². The van der Waals surface area contributed by atoms with E-state index in [1.165, 1.54) is 13.8 Å². The van der Waals surface area contributed by atoms with E-state index >= 15 is 0 Å². The molecule has 0 aliphatic heterocycles. The van der Waals surface area contributed by atoms with Crippen LogP contribution in [0.15, 0.2) is 24.3 Å². The number of aliphatic carboxylic acids is 1. The van der Waals surface area contributed by atoms with Crippen LogP contribution in [-0.2, 0) is 4.79 Å². The fourth-order valence-corrected chi connectivity index (χ4v) is 1.10. The van der Waals surface area contributed by atoms with Crippen molar-refractivity contribution >= 4 is 12.1 Å². The maximum Gasteiger partial charge on any atom is 0.413 e. The highest BCUT2D eigenvalue weighted by Gasteiger charge is 2.29. The molecule has 17 heavy (non-hydrogen) atoms. The molecule has 0 atom stereocenters. The van der Waals surface area contributed by atoms with Crippen LogP contribution in [0.4, 0.5) is 4.79 Å². The topological polar surface area (TPSA) is 75.6 Å². The summed E-state index contributed by atoms with van der Waals surface area (Å²) in [6.45, 7) is 4.56. The zero-order chi connectivity index (χ0) is 13.1. The molecule has 0 radical (unpaired) electrons. The number of aryl methyl sites for hydroxylation is 1. The number of ether oxygens (including phenoxy) is 1. The third-order valence-corrected chi connectivity index (χ3v) is 2.25. The number of benzene rings is 1. The predicted octanol–water partition coefficient (Wildman–Crippen LogP) is 1.95. The Labute approximate surface area is 99.4 Å². The van der Waals surface area contributed by atoms with E-state index in [4.69, 9.17) is 9.84 Å². The van der Waals surface area contributed by atoms with Crippen LogP contribution in [-0.4, -0.2) is 22.7 Å². The van der Waals surface area contributed by atoms with Crippen LogP contribution in [0.3, 0.4) is 0 Å². The fourth-order valence-electron chi connectivity index (χ4n) is 1.10. The smallest absolute Gasteiger partial charge is 0.413 e. The molecular weight excluding hydrogens is 222 g/mol. The number of amides is 1. The average molecular weight is 237 g/mol. The van der Waals surface area contributed by atoms with Crippen molar-refractivity contribution in [1.82, 2.24) is 5.32 Å². The third-order valence-electron chi connectivity index (χ3n) is 2.25. The SMILES string of the molecule is Cc1ccccc1OC(=O)NC(C)(C)C(=O)O. The highest BCUT2D eigenvalue weighted by Crippen LogP contribution is 2.16. The molecular formula is C12H15NO4. The minimum Gasteiger partial charge on any atom is -0.480 e. The number of carbonyl (C=O) groups is 2. The van der Waals surface area contributed by atoms with Crippen LogP contribution < -0.4 is 10.1 Å². The molecule has 0 fully saturated rings. The maximum absolute atomic E-state index is 11.5. The Bertz CT molecular complexity index is 440. The Morgan fingerprint density at radius 3 is 2.41 bits per heavy atom. The van der Waals surface area contributed by atoms with Gasteiger partial charge in [-0.1, -0.05) is 18.2 Å². The Kier molecular flexibility index (Phi) is 3.73. The van der Waals surface area contributed by atoms with Gasteiger partial charge in [0.2, 0.25) is 0 Å². The number of hydrogen-bond acceptors (Lipinski definition) is 3. The van der Waals surface area contributed by atoms with Crippen molar-refractivity contribution in [3.8, 4) is 5.75 Å². The molecule has 1 aromatic carbocycles. The Morgan fingerprint density at radius 1 is 1.29 bits per heavy atom. The Hall–Kier alpha value is -2.04. The molecule has 5 nitrogen and oxygen atoms in total. The molecule has 1 amide bonds. The molecule has 5 heteroatoms. The molecule has 0 spiro atoms. The average Bonchev–Trinajstić information content (AvgIpc) is 2.20. The van der Waals surface area contributed by atoms with E-state index in [0.29, 0.717) is 5.75 Å². The van der Waals surface area contributed by atoms with Crippen LogP contribution in [0.25, 0.3) is 0 Å². The quantitative estimate of drug-likeness (QED) is 0.842. The normalized spacial score (nSPS) is 10.8. The largest absolute Gasteiger partial charge is 0.480 e. The number of carboxylic acid groups (broad SMARTS) is 1. The summed E-state index contributed by atoms with van der Waals surface area (Å²) in [6.07, 6.45) is -0.785. The lowest BCUT2D eigenvalue weighted by Gasteiger charge is -2.20. The first-order valence-corrected chi connectivity index (χ1v) is 5.12. The highest BCUT2D eigenvalue weighted by atomic mass is 16.6. The minimum atomic E-state index is -1.36. The van der Waals surface area contributed by atoms with Gasteiger partial charge in [-0.05, 0) is 32.4 Å². The van der Waals surface area contributed by atoms with Crippen LogP contribution >= 0.6 is 0 Å². The molecule has 1 aromatic rings. The van der Waals surface area contributed by atoms with Gasteiger partial charge in [0.15, 0.2) is 0 Å². The summed E-state index contributed by atoms with van der Waals surface area (Å²) in [6, 6.07) is 6.99. The minimum absolute atomic E-state index is 0.409. The number of rotatable bonds is 3. The predicted molar refractivity (Wildman–Crippen MR) is 62.1 cm³/mol. The number of carboxylic acids is 1. The van der Waals surface area contributed by atoms with Gasteiger partial charge in [-0.3, -0.25) is 0 Å². The van der Waals surface area contributed by atoms with E-state index in [9.17, 15) is 9.59 Å². The van der Waals surface area contributed by atoms with E-state index in [1.807, 2.05) is 6.07 Å². The summed E-state index contributed by atoms with van der Waals surface area (Å²) >= 11 is 0. The molecule has 0 aromatic heterocycles. The van der Waals surface area contributed by atoms with Crippen molar-refractivity contribution in [3.05, 3.63) is 29.8 Å². The second kappa shape index (κ2) is 4.86. The van der Waals surface area contributed by atoms with Crippen molar-refractivity contribution in [2.24, 2.45) is 0 Å². The van der Waals surface area contributed by atoms with E-state index in [-0.39, 0.29) is 0 Å². The molecule has 0 saturated carbocycles. The standard InChI is InChI=1S/C12H15NO4/c1-8-6-4-5-7-9(8)17-11(16)13-12(2,3)10(14)15/h4-7H,1-3H3,(H,13,16)(H,14,15). The van der Waals surface area contributed by atoms with Crippen LogP contribution in [0.2, 0.25) is 0 Å². The number of hydrogen-bond donors (Lipinski definition) is 2. The summed E-state index contributed by atoms with van der Waals surface area (Å²) < 4.78 is 5.02. The van der Waals surface area contributed by atoms with Crippen molar-refractivity contribution in [2.45, 2.75) is 26.3 Å². The Morgan fingerprint density at radius 2 is 1.88 bits per heavy atom. The van der Waals surface area contributed by atoms with E-state index in [2.05, 4.69) is 5.32 Å². The van der Waals surface area contributed by atoms with Gasteiger partial charge in [-0.15, -0.1) is 0 Å². The summed E-state index contributed by atoms with van der Waals surface area (Å²) in [4.78, 5) is 22.3. The van der Waals surface area contributed by atoms with Gasteiger partial charge < -0.3 is 15.2 Å². The molecule has 0 aliphatic rings. The molecule has 0 bridgehead atoms. The van der Waals surface area contributed by atoms with Crippen molar-refractivity contribution in [1.29, 1.82) is 0 Å². The first kappa shape index (κ1) is 13.0. The lowest BCUT2D eigenvalue weighted by Crippen LogP contribution is -2.50. The van der Waals surface area contributed by atoms with E-state index in [0.717, 1.165) is 5.56 Å². The van der Waals surface area contributed by atoms with Gasteiger partial charge in [0, 0.05) is 0 Å². The molecule has 2 N–H and O–H groups in total. The van der Waals surface area contributed by atoms with Gasteiger partial charge in [-0.25, -0.2) is 9.59 Å². The number of nitrogens with one attached hydrogen (secondary N) is 1. The molecule has 0 saturated heterocycles. The second-order valence-corrected chi connectivity index (χ2v) is 4.21. The zero-order valence-corrected chi connectivity index (χ0v) is 9.98. The highest BCUT2D eigenvalue weighted by molar-refractivity contribution is 5.84. The summed E-state index contributed by atoms with van der Waals surface area (Å²) in [7, 11) is 0. The van der Waals surface area contributed by atoms with Gasteiger partial charge >= 0.3 is 12.1 Å². The third kappa shape index (κ3) is 3.48. The first-order chi connectivity index (χ1) is 7.83. The van der Waals surface area contributed by atoms with Crippen molar-refractivity contribution in [3.63, 3.8) is 0 Å². The van der Waals surface area contributed by atoms with E-state index in [1.54, 1.807) is 25.1 Å². The number of carbonyl (C=O) groups excluding carboxylic acids is 1. The summed E-state index contributed by atoms with van der Waals surface area (Å²) in [5.41, 5.74) is -0.560. The van der Waals surface area contributed by atoms with Gasteiger partial charge in [0.1, 0.15) is 11.3 Å². The number of para-hydroxylation sites is 1. The molecule has 0 heterocycles. The molecule has 0 aliphatic carbocycles. The van der Waals surface area contributed by atoms with Crippen molar-refractivity contribution < 1.29 is 19.4 Å². The van der Waals surface area contributed by atoms with Gasteiger partial charge in [0.25, 0.3) is 0 Å². The molecule has 1 rings (SSSR count). The second-order valence-electron chi connectivity index (χ2n) is 4.21. The summed E-state index contributed by atoms with van der Waals surface area (Å²) in [5.74, 6) is -0.717. The Balaban J connectivity index is 2.69. The maximum atomic E-state index is 11.5. The molecule has 0 unspecified atom stereocenters. The first-order valence-electron chi connectivity index (χ1n) is 5.12. The zero-order valence-electron chi connectivity index (χ0n) is 9.98. The van der Waals surface area contributed by atoms with E-state index < -0.39 is 17.6 Å². The van der Waals surface area contributed by atoms with Crippen LogP contribution in [0, 0.1) is 6.92 Å². The van der Waals surface area contributed by atoms with Crippen molar-refractivity contribution in [2.75, 3.05) is 0 Å².